The monoisotopic (exact) mass is 393 g/mol. The zero-order valence-electron chi connectivity index (χ0n) is 16.9. The van der Waals surface area contributed by atoms with Gasteiger partial charge in [0.25, 0.3) is 0 Å². The lowest BCUT2D eigenvalue weighted by Gasteiger charge is -2.50. The van der Waals surface area contributed by atoms with E-state index in [0.717, 1.165) is 11.1 Å². The fourth-order valence-corrected chi connectivity index (χ4v) is 4.10. The quantitative estimate of drug-likeness (QED) is 0.785. The first-order valence-corrected chi connectivity index (χ1v) is 9.61. The average molecular weight is 393 g/mol. The Kier molecular flexibility index (Phi) is 5.69. The molecule has 2 amide bonds. The van der Waals surface area contributed by atoms with Crippen LogP contribution in [0, 0.1) is 17.1 Å². The molecule has 0 radical (unpaired) electrons. The third-order valence-electron chi connectivity index (χ3n) is 5.99. The van der Waals surface area contributed by atoms with Crippen LogP contribution in [0.4, 0.5) is 4.39 Å². The van der Waals surface area contributed by atoms with Gasteiger partial charge in [-0.15, -0.1) is 0 Å². The van der Waals surface area contributed by atoms with Crippen LogP contribution in [0.25, 0.3) is 0 Å². The molecule has 5 nitrogen and oxygen atoms in total. The van der Waals surface area contributed by atoms with Gasteiger partial charge in [0.05, 0.1) is 11.6 Å². The molecule has 150 valence electrons. The number of halogens is 1. The molecular formula is C23H24FN3O2. The Labute approximate surface area is 170 Å². The molecule has 2 unspecified atom stereocenters. The second kappa shape index (κ2) is 8.04. The fourth-order valence-electron chi connectivity index (χ4n) is 4.10. The van der Waals surface area contributed by atoms with E-state index in [-0.39, 0.29) is 24.1 Å². The molecule has 0 spiro atoms. The van der Waals surface area contributed by atoms with Crippen LogP contribution in [-0.2, 0) is 22.4 Å². The summed E-state index contributed by atoms with van der Waals surface area (Å²) in [5.41, 5.74) is 1.02. The van der Waals surface area contributed by atoms with E-state index in [9.17, 15) is 19.2 Å². The van der Waals surface area contributed by atoms with Crippen LogP contribution < -0.4 is 0 Å². The number of hydrogen-bond acceptors (Lipinski definition) is 3. The molecule has 1 aliphatic rings. The zero-order valence-corrected chi connectivity index (χ0v) is 16.9. The molecule has 6 heteroatoms. The first kappa shape index (κ1) is 20.5. The highest BCUT2D eigenvalue weighted by Gasteiger charge is 2.52. The summed E-state index contributed by atoms with van der Waals surface area (Å²) in [7, 11) is 3.30. The van der Waals surface area contributed by atoms with Crippen LogP contribution in [0.1, 0.15) is 30.0 Å². The molecule has 0 N–H and O–H groups in total. The summed E-state index contributed by atoms with van der Waals surface area (Å²) in [5, 5.41) is 9.34. The highest BCUT2D eigenvalue weighted by Crippen LogP contribution is 2.33. The van der Waals surface area contributed by atoms with Crippen molar-refractivity contribution in [2.24, 2.45) is 0 Å². The first-order valence-electron chi connectivity index (χ1n) is 9.61. The standard InChI is InChI=1S/C23H24FN3O2/c1-4-23(14-16-9-11-19(24)12-10-16)22(29)26(2)20(21(28)27(23)3)13-17-7-5-6-8-18(17)15-25/h5-12,20H,4,13-14H2,1-3H3. The summed E-state index contributed by atoms with van der Waals surface area (Å²) in [4.78, 5) is 29.8. The number of piperazine rings is 1. The van der Waals surface area contributed by atoms with Crippen LogP contribution in [0.15, 0.2) is 48.5 Å². The molecule has 2 aromatic carbocycles. The number of rotatable bonds is 5. The second-order valence-electron chi connectivity index (χ2n) is 7.49. The van der Waals surface area contributed by atoms with E-state index in [4.69, 9.17) is 0 Å². The summed E-state index contributed by atoms with van der Waals surface area (Å²) in [6, 6.07) is 14.6. The topological polar surface area (TPSA) is 64.4 Å². The predicted molar refractivity (Wildman–Crippen MR) is 107 cm³/mol. The van der Waals surface area contributed by atoms with E-state index in [2.05, 4.69) is 6.07 Å². The molecule has 0 bridgehead atoms. The van der Waals surface area contributed by atoms with Gasteiger partial charge in [-0.2, -0.15) is 5.26 Å². The number of carbonyl (C=O) groups is 2. The number of likely N-dealkylation sites (N-methyl/N-ethyl adjacent to an activating group) is 2. The molecule has 0 aliphatic carbocycles. The number of amides is 2. The number of nitriles is 1. The fraction of sp³-hybridized carbons (Fsp3) is 0.348. The average Bonchev–Trinajstić information content (AvgIpc) is 2.74. The molecular weight excluding hydrogens is 369 g/mol. The Morgan fingerprint density at radius 3 is 2.38 bits per heavy atom. The van der Waals surface area contributed by atoms with Gasteiger partial charge in [0.15, 0.2) is 0 Å². The van der Waals surface area contributed by atoms with Gasteiger partial charge in [0.2, 0.25) is 11.8 Å². The molecule has 1 fully saturated rings. The predicted octanol–water partition coefficient (Wildman–Crippen LogP) is 2.93. The number of hydrogen-bond donors (Lipinski definition) is 0. The van der Waals surface area contributed by atoms with Gasteiger partial charge in [0.1, 0.15) is 17.4 Å². The molecule has 1 aliphatic heterocycles. The maximum Gasteiger partial charge on any atom is 0.249 e. The minimum absolute atomic E-state index is 0.147. The molecule has 0 aromatic heterocycles. The number of nitrogens with zero attached hydrogens (tertiary/aromatic N) is 3. The van der Waals surface area contributed by atoms with Gasteiger partial charge in [-0.3, -0.25) is 9.59 Å². The molecule has 1 saturated heterocycles. The van der Waals surface area contributed by atoms with Crippen LogP contribution >= 0.6 is 0 Å². The van der Waals surface area contributed by atoms with Gasteiger partial charge in [-0.05, 0) is 35.7 Å². The van der Waals surface area contributed by atoms with E-state index < -0.39 is 11.6 Å². The van der Waals surface area contributed by atoms with E-state index in [1.165, 1.54) is 17.0 Å². The van der Waals surface area contributed by atoms with Crippen molar-refractivity contribution in [1.82, 2.24) is 9.80 Å². The van der Waals surface area contributed by atoms with Gasteiger partial charge >= 0.3 is 0 Å². The first-order chi connectivity index (χ1) is 13.8. The molecule has 3 rings (SSSR count). The van der Waals surface area contributed by atoms with Crippen molar-refractivity contribution < 1.29 is 14.0 Å². The summed E-state index contributed by atoms with van der Waals surface area (Å²) >= 11 is 0. The normalized spacial score (nSPS) is 22.0. The molecule has 2 atom stereocenters. The molecule has 29 heavy (non-hydrogen) atoms. The van der Waals surface area contributed by atoms with Crippen LogP contribution in [0.5, 0.6) is 0 Å². The molecule has 0 saturated carbocycles. The second-order valence-corrected chi connectivity index (χ2v) is 7.49. The highest BCUT2D eigenvalue weighted by atomic mass is 19.1. The maximum atomic E-state index is 13.5. The lowest BCUT2D eigenvalue weighted by atomic mass is 9.81. The molecule has 1 heterocycles. The van der Waals surface area contributed by atoms with Crippen molar-refractivity contribution in [2.75, 3.05) is 14.1 Å². The zero-order chi connectivity index (χ0) is 21.2. The van der Waals surface area contributed by atoms with Crippen molar-refractivity contribution in [3.05, 3.63) is 71.0 Å². The molecule has 2 aromatic rings. The Morgan fingerprint density at radius 1 is 1.10 bits per heavy atom. The highest BCUT2D eigenvalue weighted by molar-refractivity contribution is 6.00. The third kappa shape index (κ3) is 3.61. The summed E-state index contributed by atoms with van der Waals surface area (Å²) in [5.74, 6) is -0.651. The maximum absolute atomic E-state index is 13.5. The smallest absolute Gasteiger partial charge is 0.249 e. The van der Waals surface area contributed by atoms with E-state index in [1.54, 1.807) is 43.3 Å². The summed E-state index contributed by atoms with van der Waals surface area (Å²) in [6.07, 6.45) is 1.04. The largest absolute Gasteiger partial charge is 0.331 e. The minimum atomic E-state index is -1.02. The lowest BCUT2D eigenvalue weighted by molar-refractivity contribution is -0.167. The van der Waals surface area contributed by atoms with Gasteiger partial charge in [-0.1, -0.05) is 37.3 Å². The summed E-state index contributed by atoms with van der Waals surface area (Å²) < 4.78 is 13.3. The van der Waals surface area contributed by atoms with Crippen molar-refractivity contribution in [2.45, 2.75) is 37.8 Å². The van der Waals surface area contributed by atoms with Crippen molar-refractivity contribution in [1.29, 1.82) is 5.26 Å². The van der Waals surface area contributed by atoms with E-state index >= 15 is 0 Å². The Bertz CT molecular complexity index is 967. The van der Waals surface area contributed by atoms with Gasteiger partial charge < -0.3 is 9.80 Å². The SMILES string of the molecule is CCC1(Cc2ccc(F)cc2)C(=O)N(C)C(Cc2ccccc2C#N)C(=O)N1C. The Morgan fingerprint density at radius 2 is 1.76 bits per heavy atom. The van der Waals surface area contributed by atoms with Crippen molar-refractivity contribution in [3.8, 4) is 6.07 Å². The Balaban J connectivity index is 1.93. The summed E-state index contributed by atoms with van der Waals surface area (Å²) in [6.45, 7) is 1.88. The minimum Gasteiger partial charge on any atom is -0.331 e. The van der Waals surface area contributed by atoms with Gasteiger partial charge in [0, 0.05) is 26.9 Å². The van der Waals surface area contributed by atoms with E-state index in [1.807, 2.05) is 19.1 Å². The van der Waals surface area contributed by atoms with E-state index in [0.29, 0.717) is 18.4 Å². The number of benzene rings is 2. The van der Waals surface area contributed by atoms with Crippen molar-refractivity contribution in [3.63, 3.8) is 0 Å². The lowest BCUT2D eigenvalue weighted by Crippen LogP contribution is -2.70. The Hall–Kier alpha value is -3.20. The van der Waals surface area contributed by atoms with Crippen LogP contribution in [0.3, 0.4) is 0 Å². The van der Waals surface area contributed by atoms with Gasteiger partial charge in [-0.25, -0.2) is 4.39 Å². The van der Waals surface area contributed by atoms with Crippen molar-refractivity contribution >= 4 is 11.8 Å². The third-order valence-corrected chi connectivity index (χ3v) is 5.99. The van der Waals surface area contributed by atoms with Crippen LogP contribution in [0.2, 0.25) is 0 Å². The number of carbonyl (C=O) groups excluding carboxylic acids is 2. The van der Waals surface area contributed by atoms with Crippen LogP contribution in [-0.4, -0.2) is 47.3 Å².